The maximum Gasteiger partial charge on any atom is 0.306 e. The van der Waals surface area contributed by atoms with Crippen molar-refractivity contribution in [1.82, 2.24) is 20.3 Å². The van der Waals surface area contributed by atoms with E-state index in [9.17, 15) is 14.7 Å². The van der Waals surface area contributed by atoms with E-state index in [1.807, 2.05) is 6.20 Å². The average molecular weight is 330 g/mol. The van der Waals surface area contributed by atoms with Gasteiger partial charge in [-0.2, -0.15) is 0 Å². The van der Waals surface area contributed by atoms with Crippen LogP contribution in [0, 0.1) is 5.92 Å². The first-order chi connectivity index (χ1) is 11.6. The number of nitrogens with one attached hydrogen (secondary N) is 1. The van der Waals surface area contributed by atoms with Crippen LogP contribution in [0.3, 0.4) is 0 Å². The van der Waals surface area contributed by atoms with E-state index in [0.29, 0.717) is 18.8 Å². The fourth-order valence-corrected chi connectivity index (χ4v) is 3.62. The first kappa shape index (κ1) is 15.4. The largest absolute Gasteiger partial charge is 0.481 e. The molecule has 0 aromatic carbocycles. The van der Waals surface area contributed by atoms with Crippen molar-refractivity contribution in [2.75, 3.05) is 0 Å². The van der Waals surface area contributed by atoms with Crippen molar-refractivity contribution >= 4 is 11.9 Å². The summed E-state index contributed by atoms with van der Waals surface area (Å²) in [6.07, 6.45) is 9.94. The van der Waals surface area contributed by atoms with Crippen LogP contribution in [0.1, 0.15) is 62.6 Å². The zero-order valence-corrected chi connectivity index (χ0v) is 13.5. The van der Waals surface area contributed by atoms with E-state index in [1.54, 1.807) is 10.8 Å². The molecule has 2 N–H and O–H groups in total. The summed E-state index contributed by atoms with van der Waals surface area (Å²) in [5, 5.41) is 20.8. The van der Waals surface area contributed by atoms with Crippen LogP contribution in [-0.2, 0) is 9.59 Å². The van der Waals surface area contributed by atoms with E-state index >= 15 is 0 Å². The number of rotatable bonds is 5. The van der Waals surface area contributed by atoms with Gasteiger partial charge in [-0.05, 0) is 44.9 Å². The second kappa shape index (κ2) is 6.03. The highest BCUT2D eigenvalue weighted by Crippen LogP contribution is 2.40. The standard InChI is InChI=1S/C17H22N4O3/c22-16(6-10-2-1-3-10)18-13-7-12(17(23)24)8-15(13)21-9-14(19-20-21)11-4-5-11/h6,9,11-13,15H,1-5,7-8H2,(H,18,22)(H,23,24)/t12?,13-,15+/m1/s1. The van der Waals surface area contributed by atoms with E-state index in [2.05, 4.69) is 15.6 Å². The Bertz CT molecular complexity index is 686. The number of carbonyl (C=O) groups is 2. The number of amides is 1. The number of hydrogen-bond acceptors (Lipinski definition) is 4. The third-order valence-electron chi connectivity index (χ3n) is 5.40. The van der Waals surface area contributed by atoms with Crippen LogP contribution in [0.25, 0.3) is 0 Å². The Balaban J connectivity index is 1.49. The zero-order valence-electron chi connectivity index (χ0n) is 13.5. The van der Waals surface area contributed by atoms with E-state index < -0.39 is 11.9 Å². The van der Waals surface area contributed by atoms with Gasteiger partial charge in [0.15, 0.2) is 0 Å². The van der Waals surface area contributed by atoms with Crippen molar-refractivity contribution in [3.8, 4) is 0 Å². The van der Waals surface area contributed by atoms with Gasteiger partial charge in [-0.3, -0.25) is 9.59 Å². The molecule has 128 valence electrons. The molecule has 1 aromatic heterocycles. The number of carboxylic acids is 1. The Morgan fingerprint density at radius 1 is 1.29 bits per heavy atom. The van der Waals surface area contributed by atoms with E-state index in [1.165, 1.54) is 5.57 Å². The van der Waals surface area contributed by atoms with Gasteiger partial charge in [-0.15, -0.1) is 5.10 Å². The SMILES string of the molecule is O=C(C=C1CCC1)N[C@@H]1CC(C(=O)O)C[C@@H]1n1cc(C2CC2)nn1. The van der Waals surface area contributed by atoms with Gasteiger partial charge in [0.2, 0.25) is 5.91 Å². The first-order valence-corrected chi connectivity index (χ1v) is 8.74. The molecule has 1 aromatic rings. The molecule has 7 heteroatoms. The van der Waals surface area contributed by atoms with Crippen LogP contribution < -0.4 is 5.32 Å². The number of carboxylic acid groups (broad SMARTS) is 1. The van der Waals surface area contributed by atoms with Crippen LogP contribution in [0.2, 0.25) is 0 Å². The number of hydrogen-bond donors (Lipinski definition) is 2. The fraction of sp³-hybridized carbons (Fsp3) is 0.647. The van der Waals surface area contributed by atoms with Crippen molar-refractivity contribution in [3.05, 3.63) is 23.5 Å². The molecule has 1 heterocycles. The first-order valence-electron chi connectivity index (χ1n) is 8.74. The Hall–Kier alpha value is -2.18. The topological polar surface area (TPSA) is 97.1 Å². The third kappa shape index (κ3) is 3.07. The molecular formula is C17H22N4O3. The van der Waals surface area contributed by atoms with Crippen molar-refractivity contribution in [1.29, 1.82) is 0 Å². The molecule has 0 spiro atoms. The summed E-state index contributed by atoms with van der Waals surface area (Å²) in [6, 6.07) is -0.362. The van der Waals surface area contributed by atoms with Crippen molar-refractivity contribution in [3.63, 3.8) is 0 Å². The molecule has 3 aliphatic carbocycles. The molecule has 1 unspecified atom stereocenters. The molecule has 3 aliphatic rings. The lowest BCUT2D eigenvalue weighted by Crippen LogP contribution is -2.38. The van der Waals surface area contributed by atoms with E-state index in [-0.39, 0.29) is 18.0 Å². The van der Waals surface area contributed by atoms with Crippen LogP contribution in [-0.4, -0.2) is 38.0 Å². The molecule has 1 amide bonds. The Labute approximate surface area is 140 Å². The molecule has 3 atom stereocenters. The summed E-state index contributed by atoms with van der Waals surface area (Å²) in [5.41, 5.74) is 2.16. The van der Waals surface area contributed by atoms with Crippen LogP contribution in [0.4, 0.5) is 0 Å². The summed E-state index contributed by atoms with van der Waals surface area (Å²) >= 11 is 0. The third-order valence-corrected chi connectivity index (χ3v) is 5.40. The van der Waals surface area contributed by atoms with Crippen molar-refractivity contribution < 1.29 is 14.7 Å². The summed E-state index contributed by atoms with van der Waals surface area (Å²) in [6.45, 7) is 0. The second-order valence-electron chi connectivity index (χ2n) is 7.24. The zero-order chi connectivity index (χ0) is 16.7. The highest BCUT2D eigenvalue weighted by atomic mass is 16.4. The monoisotopic (exact) mass is 330 g/mol. The summed E-state index contributed by atoms with van der Waals surface area (Å²) < 4.78 is 1.76. The number of aliphatic carboxylic acids is 1. The van der Waals surface area contributed by atoms with Gasteiger partial charge in [0.05, 0.1) is 23.7 Å². The molecule has 0 bridgehead atoms. The lowest BCUT2D eigenvalue weighted by molar-refractivity contribution is -0.141. The fourth-order valence-electron chi connectivity index (χ4n) is 3.62. The summed E-state index contributed by atoms with van der Waals surface area (Å²) in [4.78, 5) is 23.6. The molecule has 0 aliphatic heterocycles. The minimum atomic E-state index is -0.809. The van der Waals surface area contributed by atoms with Crippen LogP contribution >= 0.6 is 0 Å². The molecule has 4 rings (SSSR count). The minimum absolute atomic E-state index is 0.117. The highest BCUT2D eigenvalue weighted by Gasteiger charge is 2.41. The number of carbonyl (C=O) groups excluding carboxylic acids is 1. The predicted molar refractivity (Wildman–Crippen MR) is 85.3 cm³/mol. The van der Waals surface area contributed by atoms with Gasteiger partial charge in [0, 0.05) is 18.2 Å². The Kier molecular flexibility index (Phi) is 3.86. The van der Waals surface area contributed by atoms with E-state index in [0.717, 1.165) is 37.8 Å². The summed E-state index contributed by atoms with van der Waals surface area (Å²) in [5.74, 6) is -0.873. The normalized spacial score (nSPS) is 29.2. The molecule has 7 nitrogen and oxygen atoms in total. The van der Waals surface area contributed by atoms with Crippen LogP contribution in [0.5, 0.6) is 0 Å². The Morgan fingerprint density at radius 3 is 2.71 bits per heavy atom. The van der Waals surface area contributed by atoms with Crippen LogP contribution in [0.15, 0.2) is 17.8 Å². The lowest BCUT2D eigenvalue weighted by Gasteiger charge is -2.21. The Morgan fingerprint density at radius 2 is 2.08 bits per heavy atom. The van der Waals surface area contributed by atoms with E-state index in [4.69, 9.17) is 0 Å². The molecule has 3 fully saturated rings. The minimum Gasteiger partial charge on any atom is -0.481 e. The second-order valence-corrected chi connectivity index (χ2v) is 7.24. The quantitative estimate of drug-likeness (QED) is 0.802. The van der Waals surface area contributed by atoms with Crippen molar-refractivity contribution in [2.24, 2.45) is 5.92 Å². The maximum absolute atomic E-state index is 12.2. The van der Waals surface area contributed by atoms with Gasteiger partial charge >= 0.3 is 5.97 Å². The number of nitrogens with zero attached hydrogens (tertiary/aromatic N) is 3. The van der Waals surface area contributed by atoms with Crippen molar-refractivity contribution in [2.45, 2.75) is 62.9 Å². The van der Waals surface area contributed by atoms with Gasteiger partial charge < -0.3 is 10.4 Å². The number of aromatic nitrogens is 3. The molecule has 0 radical (unpaired) electrons. The molecule has 24 heavy (non-hydrogen) atoms. The maximum atomic E-state index is 12.2. The molecular weight excluding hydrogens is 308 g/mol. The number of allylic oxidation sites excluding steroid dienone is 1. The smallest absolute Gasteiger partial charge is 0.306 e. The highest BCUT2D eigenvalue weighted by molar-refractivity contribution is 5.88. The van der Waals surface area contributed by atoms with Gasteiger partial charge in [-0.1, -0.05) is 10.8 Å². The van der Waals surface area contributed by atoms with Gasteiger partial charge in [0.25, 0.3) is 0 Å². The van der Waals surface area contributed by atoms with Gasteiger partial charge in [0.1, 0.15) is 0 Å². The predicted octanol–water partition coefficient (Wildman–Crippen LogP) is 1.79. The molecule has 3 saturated carbocycles. The molecule has 0 saturated heterocycles. The summed E-state index contributed by atoms with van der Waals surface area (Å²) in [7, 11) is 0. The van der Waals surface area contributed by atoms with Gasteiger partial charge in [-0.25, -0.2) is 4.68 Å². The average Bonchev–Trinajstić information content (AvgIpc) is 3.08. The lowest BCUT2D eigenvalue weighted by atomic mass is 9.92.